The number of esters is 1. The summed E-state index contributed by atoms with van der Waals surface area (Å²) in [6.45, 7) is 6.14. The van der Waals surface area contributed by atoms with Gasteiger partial charge in [0, 0.05) is 29.9 Å². The predicted octanol–water partition coefficient (Wildman–Crippen LogP) is 4.80. The maximum Gasteiger partial charge on any atom is 0.324 e. The second kappa shape index (κ2) is 13.7. The van der Waals surface area contributed by atoms with Crippen molar-refractivity contribution in [3.05, 3.63) is 53.6 Å². The summed E-state index contributed by atoms with van der Waals surface area (Å²) in [5, 5.41) is 13.6. The molecular formula is C29H34F2N8O4S. The molecule has 1 aliphatic rings. The Morgan fingerprint density at radius 3 is 2.64 bits per heavy atom. The molecule has 0 radical (unpaired) electrons. The van der Waals surface area contributed by atoms with Crippen LogP contribution in [-0.4, -0.2) is 60.2 Å². The van der Waals surface area contributed by atoms with E-state index in [1.54, 1.807) is 22.5 Å². The van der Waals surface area contributed by atoms with E-state index in [-0.39, 0.29) is 47.6 Å². The topological polar surface area (TPSA) is 152 Å². The number of thiazole rings is 1. The molecule has 0 aromatic carbocycles. The first-order valence-electron chi connectivity index (χ1n) is 14.4. The van der Waals surface area contributed by atoms with Gasteiger partial charge in [0.05, 0.1) is 24.0 Å². The highest BCUT2D eigenvalue weighted by molar-refractivity contribution is 7.13. The van der Waals surface area contributed by atoms with Gasteiger partial charge in [0.15, 0.2) is 12.5 Å². The van der Waals surface area contributed by atoms with Gasteiger partial charge in [-0.25, -0.2) is 19.0 Å². The molecule has 15 heteroatoms. The monoisotopic (exact) mass is 628 g/mol. The number of nitrogens with zero attached hydrogens (tertiary/aromatic N) is 6. The molecule has 3 N–H and O–H groups in total. The van der Waals surface area contributed by atoms with Gasteiger partial charge >= 0.3 is 5.97 Å². The van der Waals surface area contributed by atoms with Gasteiger partial charge in [-0.15, -0.1) is 11.3 Å². The van der Waals surface area contributed by atoms with Crippen LogP contribution in [0.5, 0.6) is 0 Å². The summed E-state index contributed by atoms with van der Waals surface area (Å²) in [6.07, 6.45) is 8.22. The van der Waals surface area contributed by atoms with Gasteiger partial charge in [-0.1, -0.05) is 13.8 Å². The summed E-state index contributed by atoms with van der Waals surface area (Å²) in [5.74, 6) is -2.79. The third-order valence-corrected chi connectivity index (χ3v) is 8.27. The minimum Gasteiger partial charge on any atom is -0.441 e. The summed E-state index contributed by atoms with van der Waals surface area (Å²) in [6, 6.07) is 1.16. The molecule has 4 aromatic heterocycles. The largest absolute Gasteiger partial charge is 0.441 e. The van der Waals surface area contributed by atoms with Crippen molar-refractivity contribution >= 4 is 28.9 Å². The van der Waals surface area contributed by atoms with Crippen molar-refractivity contribution in [3.63, 3.8) is 0 Å². The van der Waals surface area contributed by atoms with Crippen LogP contribution in [0.1, 0.15) is 63.0 Å². The van der Waals surface area contributed by atoms with E-state index in [1.165, 1.54) is 22.2 Å². The normalized spacial score (nSPS) is 17.5. The Hall–Kier alpha value is -4.08. The number of halogens is 2. The number of aromatic nitrogens is 6. The van der Waals surface area contributed by atoms with Crippen LogP contribution in [0.4, 0.5) is 14.5 Å². The van der Waals surface area contributed by atoms with Crippen molar-refractivity contribution in [3.8, 4) is 22.0 Å². The van der Waals surface area contributed by atoms with Gasteiger partial charge in [0.25, 0.3) is 5.91 Å². The molecule has 1 fully saturated rings. The molecule has 44 heavy (non-hydrogen) atoms. The van der Waals surface area contributed by atoms with Crippen LogP contribution < -0.4 is 11.1 Å². The lowest BCUT2D eigenvalue weighted by Gasteiger charge is -2.28. The minimum absolute atomic E-state index is 0.00414. The number of anilines is 1. The summed E-state index contributed by atoms with van der Waals surface area (Å²) in [4.78, 5) is 33.5. The lowest BCUT2D eigenvalue weighted by molar-refractivity contribution is -0.150. The second-order valence-corrected chi connectivity index (χ2v) is 11.7. The van der Waals surface area contributed by atoms with Crippen LogP contribution in [0, 0.1) is 17.7 Å². The number of ether oxygens (including phenoxy) is 2. The van der Waals surface area contributed by atoms with Crippen LogP contribution in [-0.2, 0) is 21.0 Å². The molecule has 0 aliphatic heterocycles. The van der Waals surface area contributed by atoms with E-state index >= 15 is 0 Å². The highest BCUT2D eigenvalue weighted by Crippen LogP contribution is 2.34. The Morgan fingerprint density at radius 1 is 1.14 bits per heavy atom. The summed E-state index contributed by atoms with van der Waals surface area (Å²) in [5.41, 5.74) is 6.44. The molecule has 0 saturated heterocycles. The van der Waals surface area contributed by atoms with Crippen LogP contribution in [0.3, 0.4) is 0 Å². The fourth-order valence-electron chi connectivity index (χ4n) is 4.88. The number of pyridine rings is 1. The maximum atomic E-state index is 14.8. The van der Waals surface area contributed by atoms with E-state index in [2.05, 4.69) is 25.5 Å². The number of nitrogens with two attached hydrogens (primary N) is 1. The Labute approximate surface area is 256 Å². The molecule has 4 aromatic rings. The van der Waals surface area contributed by atoms with Crippen molar-refractivity contribution in [2.24, 2.45) is 11.7 Å². The summed E-state index contributed by atoms with van der Waals surface area (Å²) < 4.78 is 42.9. The predicted molar refractivity (Wildman–Crippen MR) is 158 cm³/mol. The Morgan fingerprint density at radius 2 is 1.91 bits per heavy atom. The summed E-state index contributed by atoms with van der Waals surface area (Å²) >= 11 is 1.22. The van der Waals surface area contributed by atoms with Crippen LogP contribution in [0.15, 0.2) is 36.1 Å². The van der Waals surface area contributed by atoms with Crippen molar-refractivity contribution in [2.75, 3.05) is 11.9 Å². The fraction of sp³-hybridized carbons (Fsp3) is 0.448. The minimum atomic E-state index is -0.868. The van der Waals surface area contributed by atoms with Gasteiger partial charge in [0.1, 0.15) is 28.1 Å². The molecule has 12 nitrogen and oxygen atoms in total. The molecule has 234 valence electrons. The second-order valence-electron chi connectivity index (χ2n) is 10.8. The molecular weight excluding hydrogens is 594 g/mol. The number of nitrogens with one attached hydrogen (secondary N) is 1. The zero-order valence-corrected chi connectivity index (χ0v) is 25.4. The fourth-order valence-corrected chi connectivity index (χ4v) is 5.66. The molecule has 0 spiro atoms. The molecule has 1 aliphatic carbocycles. The zero-order valence-electron chi connectivity index (χ0n) is 24.6. The third kappa shape index (κ3) is 7.17. The first kappa shape index (κ1) is 31.3. The molecule has 1 saturated carbocycles. The first-order chi connectivity index (χ1) is 21.1. The maximum absolute atomic E-state index is 14.8. The third-order valence-electron chi connectivity index (χ3n) is 7.38. The SMILES string of the molecule is CCOC1CCC(n2cc(NC(=O)c3csc(-c4cnn(COC(=O)[C@@H](N)C(C)C)c4)n3)c(-c3nc(F)ccc3F)n2)CC1. The van der Waals surface area contributed by atoms with E-state index < -0.39 is 29.7 Å². The highest BCUT2D eigenvalue weighted by atomic mass is 32.1. The van der Waals surface area contributed by atoms with Gasteiger partial charge in [-0.2, -0.15) is 14.6 Å². The van der Waals surface area contributed by atoms with Crippen molar-refractivity contribution in [1.82, 2.24) is 29.5 Å². The van der Waals surface area contributed by atoms with Gasteiger partial charge < -0.3 is 20.5 Å². The Kier molecular flexibility index (Phi) is 9.76. The number of hydrogen-bond donors (Lipinski definition) is 2. The van der Waals surface area contributed by atoms with Crippen molar-refractivity contribution in [2.45, 2.75) is 71.4 Å². The quantitative estimate of drug-likeness (QED) is 0.176. The first-order valence-corrected chi connectivity index (χ1v) is 15.3. The van der Waals surface area contributed by atoms with E-state index in [1.807, 2.05) is 20.8 Å². The number of hydrogen-bond acceptors (Lipinski definition) is 10. The number of amides is 1. The Bertz CT molecular complexity index is 1610. The molecule has 5 rings (SSSR count). The number of carbonyl (C=O) groups excluding carboxylic acids is 2. The number of rotatable bonds is 11. The van der Waals surface area contributed by atoms with E-state index in [0.717, 1.165) is 37.8 Å². The van der Waals surface area contributed by atoms with E-state index in [4.69, 9.17) is 15.2 Å². The van der Waals surface area contributed by atoms with E-state index in [9.17, 15) is 18.4 Å². The number of carbonyl (C=O) groups is 2. The van der Waals surface area contributed by atoms with Crippen LogP contribution in [0.2, 0.25) is 0 Å². The summed E-state index contributed by atoms with van der Waals surface area (Å²) in [7, 11) is 0. The molecule has 1 amide bonds. The van der Waals surface area contributed by atoms with Crippen LogP contribution in [0.25, 0.3) is 22.0 Å². The van der Waals surface area contributed by atoms with Crippen LogP contribution >= 0.6 is 11.3 Å². The van der Waals surface area contributed by atoms with Crippen molar-refractivity contribution < 1.29 is 27.8 Å². The molecule has 4 heterocycles. The van der Waals surface area contributed by atoms with Gasteiger partial charge in [-0.3, -0.25) is 14.3 Å². The van der Waals surface area contributed by atoms with Crippen molar-refractivity contribution in [1.29, 1.82) is 0 Å². The smallest absolute Gasteiger partial charge is 0.324 e. The highest BCUT2D eigenvalue weighted by Gasteiger charge is 2.27. The average Bonchev–Trinajstić information content (AvgIpc) is 3.77. The average molecular weight is 629 g/mol. The standard InChI is InChI=1S/C29H34F2N8O4S/c1-4-42-19-7-5-18(6-8-19)39-13-21(26(37-39)25-20(30)9-10-23(31)36-25)34-27(40)22-14-44-28(35-22)17-11-33-38(12-17)15-43-29(41)24(32)16(2)3/h9-14,16,18-19,24H,4-8,15,32H2,1-3H3,(H,34,40)/t18?,19?,24-/m0/s1. The van der Waals surface area contributed by atoms with Gasteiger partial charge in [0.2, 0.25) is 5.95 Å². The zero-order chi connectivity index (χ0) is 31.4. The van der Waals surface area contributed by atoms with Gasteiger partial charge in [-0.05, 0) is 50.7 Å². The lowest BCUT2D eigenvalue weighted by atomic mass is 9.93. The molecule has 1 atom stereocenters. The lowest BCUT2D eigenvalue weighted by Crippen LogP contribution is -2.37. The van der Waals surface area contributed by atoms with E-state index in [0.29, 0.717) is 17.2 Å². The Balaban J connectivity index is 1.32. The molecule has 0 unspecified atom stereocenters. The molecule has 0 bridgehead atoms.